The number of hydrogen-bond donors (Lipinski definition) is 0. The number of rotatable bonds is 11. The van der Waals surface area contributed by atoms with Crippen LogP contribution >= 0.6 is 0 Å². The lowest BCUT2D eigenvalue weighted by atomic mass is 10.1. The first kappa shape index (κ1) is 23.2. The highest BCUT2D eigenvalue weighted by atomic mass is 32.2. The van der Waals surface area contributed by atoms with Crippen LogP contribution in [0.15, 0.2) is 48.5 Å². The van der Waals surface area contributed by atoms with Crippen molar-refractivity contribution in [3.63, 3.8) is 0 Å². The highest BCUT2D eigenvalue weighted by Crippen LogP contribution is 2.33. The first-order valence-electron chi connectivity index (χ1n) is 9.17. The van der Waals surface area contributed by atoms with Crippen molar-refractivity contribution in [1.82, 2.24) is 4.31 Å². The van der Waals surface area contributed by atoms with Gasteiger partial charge >= 0.3 is 0 Å². The summed E-state index contributed by atoms with van der Waals surface area (Å²) in [6, 6.07) is 14.0. The molecule has 0 amide bonds. The van der Waals surface area contributed by atoms with Crippen LogP contribution in [0, 0.1) is 0 Å². The van der Waals surface area contributed by atoms with Crippen molar-refractivity contribution in [2.75, 3.05) is 35.0 Å². The Morgan fingerprint density at radius 3 is 2.07 bits per heavy atom. The third kappa shape index (κ3) is 5.93. The van der Waals surface area contributed by atoms with E-state index in [0.29, 0.717) is 17.1 Å². The fourth-order valence-corrected chi connectivity index (χ4v) is 4.78. The van der Waals surface area contributed by atoms with Crippen LogP contribution in [0.25, 0.3) is 0 Å². The third-order valence-electron chi connectivity index (χ3n) is 4.73. The maximum atomic E-state index is 13.3. The molecule has 0 saturated heterocycles. The van der Waals surface area contributed by atoms with Gasteiger partial charge in [0.05, 0.1) is 26.5 Å². The summed E-state index contributed by atoms with van der Waals surface area (Å²) in [6.07, 6.45) is -0.692. The van der Waals surface area contributed by atoms with Gasteiger partial charge in [0.25, 0.3) is 0 Å². The first-order valence-corrected chi connectivity index (χ1v) is 10.8. The number of benzene rings is 2. The smallest absolute Gasteiger partial charge is 0.219 e. The molecule has 0 aliphatic heterocycles. The molecule has 0 aliphatic carbocycles. The van der Waals surface area contributed by atoms with Gasteiger partial charge in [-0.05, 0) is 30.2 Å². The molecule has 0 heterocycles. The van der Waals surface area contributed by atoms with Crippen molar-refractivity contribution in [3.05, 3.63) is 59.7 Å². The summed E-state index contributed by atoms with van der Waals surface area (Å²) in [4.78, 5) is 0. The zero-order chi connectivity index (χ0) is 21.4. The van der Waals surface area contributed by atoms with Gasteiger partial charge in [0.15, 0.2) is 17.8 Å². The van der Waals surface area contributed by atoms with Crippen molar-refractivity contribution in [3.8, 4) is 11.5 Å². The molecule has 2 aromatic rings. The van der Waals surface area contributed by atoms with Crippen molar-refractivity contribution >= 4 is 10.0 Å². The summed E-state index contributed by atoms with van der Waals surface area (Å²) < 4.78 is 49.2. The van der Waals surface area contributed by atoms with E-state index in [1.54, 1.807) is 38.5 Å². The van der Waals surface area contributed by atoms with Crippen LogP contribution in [0.3, 0.4) is 0 Å². The van der Waals surface area contributed by atoms with Crippen LogP contribution in [-0.4, -0.2) is 54.0 Å². The number of methoxy groups -OCH3 is 4. The second-order valence-corrected chi connectivity index (χ2v) is 8.42. The molecule has 0 aromatic heterocycles. The largest absolute Gasteiger partial charge is 0.493 e. The molecule has 0 bridgehead atoms. The molecule has 0 fully saturated rings. The Morgan fingerprint density at radius 1 is 0.897 bits per heavy atom. The zero-order valence-electron chi connectivity index (χ0n) is 17.5. The molecule has 0 N–H and O–H groups in total. The van der Waals surface area contributed by atoms with Crippen LogP contribution in [0.4, 0.5) is 0 Å². The summed E-state index contributed by atoms with van der Waals surface area (Å²) in [5.74, 6) is 0.993. The van der Waals surface area contributed by atoms with Gasteiger partial charge in [-0.3, -0.25) is 0 Å². The number of ether oxygens (including phenoxy) is 4. The number of sulfonamides is 1. The van der Waals surface area contributed by atoms with E-state index >= 15 is 0 Å². The SMILES string of the molecule is COc1ccc(C(C)N(CC(OC)OC)S(=O)(=O)Cc2ccccc2)cc1OC. The number of nitrogens with zero attached hydrogens (tertiary/aromatic N) is 1. The van der Waals surface area contributed by atoms with Gasteiger partial charge in [-0.15, -0.1) is 0 Å². The van der Waals surface area contributed by atoms with Gasteiger partial charge < -0.3 is 18.9 Å². The predicted octanol–water partition coefficient (Wildman–Crippen LogP) is 3.22. The first-order chi connectivity index (χ1) is 13.9. The van der Waals surface area contributed by atoms with Gasteiger partial charge in [0.2, 0.25) is 10.0 Å². The normalized spacial score (nSPS) is 12.9. The Kier molecular flexibility index (Phi) is 8.45. The highest BCUT2D eigenvalue weighted by molar-refractivity contribution is 7.88. The second kappa shape index (κ2) is 10.6. The topological polar surface area (TPSA) is 74.3 Å². The molecule has 0 spiro atoms. The molecule has 0 saturated carbocycles. The Morgan fingerprint density at radius 2 is 1.52 bits per heavy atom. The average Bonchev–Trinajstić information content (AvgIpc) is 2.73. The van der Waals surface area contributed by atoms with Gasteiger partial charge in [-0.2, -0.15) is 4.31 Å². The standard InChI is InChI=1S/C21H29NO6S/c1-16(18-11-12-19(25-2)20(13-18)26-3)22(14-21(27-4)28-5)29(23,24)15-17-9-7-6-8-10-17/h6-13,16,21H,14-15H2,1-5H3. The summed E-state index contributed by atoms with van der Waals surface area (Å²) in [6.45, 7) is 1.88. The van der Waals surface area contributed by atoms with Crippen LogP contribution < -0.4 is 9.47 Å². The summed E-state index contributed by atoms with van der Waals surface area (Å²) in [7, 11) is 2.39. The molecule has 160 valence electrons. The fourth-order valence-electron chi connectivity index (χ4n) is 3.05. The van der Waals surface area contributed by atoms with Crippen molar-refractivity contribution in [2.45, 2.75) is 25.0 Å². The van der Waals surface area contributed by atoms with Crippen LogP contribution in [0.2, 0.25) is 0 Å². The van der Waals surface area contributed by atoms with Crippen molar-refractivity contribution in [1.29, 1.82) is 0 Å². The van der Waals surface area contributed by atoms with E-state index in [0.717, 1.165) is 5.56 Å². The lowest BCUT2D eigenvalue weighted by Crippen LogP contribution is -2.41. The summed E-state index contributed by atoms with van der Waals surface area (Å²) >= 11 is 0. The number of hydrogen-bond acceptors (Lipinski definition) is 6. The van der Waals surface area contributed by atoms with E-state index in [4.69, 9.17) is 18.9 Å². The minimum atomic E-state index is -3.67. The fraction of sp³-hybridized carbons (Fsp3) is 0.429. The molecule has 8 heteroatoms. The van der Waals surface area contributed by atoms with E-state index < -0.39 is 22.4 Å². The predicted molar refractivity (Wildman–Crippen MR) is 112 cm³/mol. The lowest BCUT2D eigenvalue weighted by Gasteiger charge is -2.31. The zero-order valence-corrected chi connectivity index (χ0v) is 18.3. The van der Waals surface area contributed by atoms with Crippen LogP contribution in [0.1, 0.15) is 24.1 Å². The average molecular weight is 424 g/mol. The molecule has 0 radical (unpaired) electrons. The maximum Gasteiger partial charge on any atom is 0.219 e. The van der Waals surface area contributed by atoms with Gasteiger partial charge in [0, 0.05) is 20.3 Å². The minimum Gasteiger partial charge on any atom is -0.493 e. The lowest BCUT2D eigenvalue weighted by molar-refractivity contribution is -0.110. The van der Waals surface area contributed by atoms with E-state index in [1.807, 2.05) is 31.2 Å². The second-order valence-electron chi connectivity index (χ2n) is 6.50. The van der Waals surface area contributed by atoms with Crippen molar-refractivity contribution < 1.29 is 27.4 Å². The van der Waals surface area contributed by atoms with Gasteiger partial charge in [-0.25, -0.2) is 8.42 Å². The van der Waals surface area contributed by atoms with Crippen LogP contribution in [-0.2, 0) is 25.2 Å². The van der Waals surface area contributed by atoms with E-state index in [-0.39, 0.29) is 12.3 Å². The molecule has 1 atom stereocenters. The molecule has 2 rings (SSSR count). The van der Waals surface area contributed by atoms with E-state index in [1.165, 1.54) is 18.5 Å². The Balaban J connectivity index is 2.41. The molecule has 1 unspecified atom stereocenters. The Labute approximate surface area is 173 Å². The quantitative estimate of drug-likeness (QED) is 0.517. The Hall–Kier alpha value is -2.13. The van der Waals surface area contributed by atoms with Crippen molar-refractivity contribution in [2.24, 2.45) is 0 Å². The van der Waals surface area contributed by atoms with E-state index in [9.17, 15) is 8.42 Å². The third-order valence-corrected chi connectivity index (χ3v) is 6.60. The van der Waals surface area contributed by atoms with Gasteiger partial charge in [-0.1, -0.05) is 36.4 Å². The molecule has 29 heavy (non-hydrogen) atoms. The van der Waals surface area contributed by atoms with E-state index in [2.05, 4.69) is 0 Å². The summed E-state index contributed by atoms with van der Waals surface area (Å²) in [5, 5.41) is 0. The monoisotopic (exact) mass is 423 g/mol. The molecule has 2 aromatic carbocycles. The molecule has 0 aliphatic rings. The molecular formula is C21H29NO6S. The summed E-state index contributed by atoms with van der Waals surface area (Å²) in [5.41, 5.74) is 1.48. The van der Waals surface area contributed by atoms with Crippen LogP contribution in [0.5, 0.6) is 11.5 Å². The molecule has 7 nitrogen and oxygen atoms in total. The van der Waals surface area contributed by atoms with Gasteiger partial charge in [0.1, 0.15) is 0 Å². The minimum absolute atomic E-state index is 0.0533. The maximum absolute atomic E-state index is 13.3. The Bertz CT molecular complexity index is 868. The molecular weight excluding hydrogens is 394 g/mol. The highest BCUT2D eigenvalue weighted by Gasteiger charge is 2.31.